The van der Waals surface area contributed by atoms with Gasteiger partial charge in [-0.15, -0.1) is 6.58 Å². The molecule has 0 bridgehead atoms. The highest BCUT2D eigenvalue weighted by atomic mass is 16.5. The molecule has 0 saturated carbocycles. The average molecular weight is 379 g/mol. The van der Waals surface area contributed by atoms with Crippen molar-refractivity contribution < 1.29 is 9.47 Å². The predicted octanol–water partition coefficient (Wildman–Crippen LogP) is 6.61. The van der Waals surface area contributed by atoms with Gasteiger partial charge in [-0.05, 0) is 38.7 Å². The molecule has 3 rings (SSSR count). The van der Waals surface area contributed by atoms with Crippen LogP contribution in [-0.2, 0) is 32.3 Å². The van der Waals surface area contributed by atoms with Gasteiger partial charge in [0.25, 0.3) is 0 Å². The zero-order chi connectivity index (χ0) is 20.1. The maximum Gasteiger partial charge on any atom is 0.127 e. The van der Waals surface area contributed by atoms with Gasteiger partial charge in [0.1, 0.15) is 23.7 Å². The highest BCUT2D eigenvalue weighted by Gasteiger charge is 2.36. The van der Waals surface area contributed by atoms with Crippen LogP contribution in [0.2, 0.25) is 0 Å². The standard InChI is InChI=1S/C26H34O2/c1-6-12-20-21(13-7-2)25-23(17-26(4,5)28-25)22(14-8-3)24(20)27-18-19-15-10-9-11-16-19/h7,9-11,15-16H,2,6,8,12-14,17-18H2,1,3-5H3. The van der Waals surface area contributed by atoms with Crippen molar-refractivity contribution in [3.8, 4) is 11.5 Å². The third-order valence-electron chi connectivity index (χ3n) is 5.38. The van der Waals surface area contributed by atoms with Crippen LogP contribution >= 0.6 is 0 Å². The maximum absolute atomic E-state index is 6.55. The van der Waals surface area contributed by atoms with Gasteiger partial charge in [-0.2, -0.15) is 0 Å². The summed E-state index contributed by atoms with van der Waals surface area (Å²) in [4.78, 5) is 0. The normalized spacial score (nSPS) is 14.4. The number of benzene rings is 2. The first-order chi connectivity index (χ1) is 13.5. The lowest BCUT2D eigenvalue weighted by Crippen LogP contribution is -2.25. The van der Waals surface area contributed by atoms with E-state index in [0.29, 0.717) is 6.61 Å². The summed E-state index contributed by atoms with van der Waals surface area (Å²) in [6.45, 7) is 13.5. The summed E-state index contributed by atoms with van der Waals surface area (Å²) in [5.74, 6) is 2.20. The Labute approximate surface area is 170 Å². The van der Waals surface area contributed by atoms with Gasteiger partial charge in [-0.1, -0.05) is 63.1 Å². The molecule has 0 radical (unpaired) electrons. The summed E-state index contributed by atoms with van der Waals surface area (Å²) in [6, 6.07) is 10.4. The SMILES string of the molecule is C=CCc1c(CCC)c(OCc2ccccc2)c(CCC)c2c1OC(C)(C)C2. The topological polar surface area (TPSA) is 18.5 Å². The van der Waals surface area contributed by atoms with E-state index in [1.54, 1.807) is 0 Å². The van der Waals surface area contributed by atoms with Gasteiger partial charge in [0.2, 0.25) is 0 Å². The molecule has 0 amide bonds. The molecule has 28 heavy (non-hydrogen) atoms. The molecule has 0 atom stereocenters. The van der Waals surface area contributed by atoms with Crippen molar-refractivity contribution in [3.05, 3.63) is 70.8 Å². The van der Waals surface area contributed by atoms with Gasteiger partial charge in [-0.25, -0.2) is 0 Å². The minimum atomic E-state index is -0.164. The lowest BCUT2D eigenvalue weighted by atomic mass is 9.87. The molecule has 0 N–H and O–H groups in total. The monoisotopic (exact) mass is 378 g/mol. The summed E-state index contributed by atoms with van der Waals surface area (Å²) in [5.41, 5.74) is 6.35. The Hall–Kier alpha value is -2.22. The quantitative estimate of drug-likeness (QED) is 0.457. The molecule has 2 nitrogen and oxygen atoms in total. The van der Waals surface area contributed by atoms with Crippen LogP contribution in [0.1, 0.15) is 68.4 Å². The van der Waals surface area contributed by atoms with Gasteiger partial charge in [-0.3, -0.25) is 0 Å². The number of ether oxygens (including phenoxy) is 2. The molecule has 0 unspecified atom stereocenters. The second-order valence-electron chi connectivity index (χ2n) is 8.38. The third-order valence-corrected chi connectivity index (χ3v) is 5.38. The summed E-state index contributed by atoms with van der Waals surface area (Å²) < 4.78 is 13.0. The molecule has 2 aromatic carbocycles. The molecule has 0 fully saturated rings. The lowest BCUT2D eigenvalue weighted by Gasteiger charge is -2.23. The van der Waals surface area contributed by atoms with E-state index in [0.717, 1.165) is 50.0 Å². The van der Waals surface area contributed by atoms with E-state index in [9.17, 15) is 0 Å². The molecule has 0 saturated heterocycles. The second-order valence-corrected chi connectivity index (χ2v) is 8.38. The molecule has 0 aliphatic carbocycles. The minimum absolute atomic E-state index is 0.164. The molecule has 150 valence electrons. The van der Waals surface area contributed by atoms with Gasteiger partial charge < -0.3 is 9.47 Å². The number of allylic oxidation sites excluding steroid dienone is 1. The van der Waals surface area contributed by atoms with Crippen LogP contribution in [0.25, 0.3) is 0 Å². The zero-order valence-corrected chi connectivity index (χ0v) is 17.9. The fourth-order valence-electron chi connectivity index (χ4n) is 4.25. The zero-order valence-electron chi connectivity index (χ0n) is 17.9. The van der Waals surface area contributed by atoms with Crippen molar-refractivity contribution in [2.24, 2.45) is 0 Å². The lowest BCUT2D eigenvalue weighted by molar-refractivity contribution is 0.137. The van der Waals surface area contributed by atoms with E-state index in [1.807, 2.05) is 12.1 Å². The molecule has 1 aliphatic rings. The summed E-state index contributed by atoms with van der Waals surface area (Å²) in [5, 5.41) is 0. The van der Waals surface area contributed by atoms with E-state index in [-0.39, 0.29) is 5.60 Å². The van der Waals surface area contributed by atoms with Crippen molar-refractivity contribution in [2.45, 2.75) is 78.4 Å². The highest BCUT2D eigenvalue weighted by molar-refractivity contribution is 5.62. The molecule has 1 aliphatic heterocycles. The number of fused-ring (bicyclic) bond motifs is 1. The van der Waals surface area contributed by atoms with Crippen LogP contribution in [0.3, 0.4) is 0 Å². The van der Waals surface area contributed by atoms with E-state index < -0.39 is 0 Å². The van der Waals surface area contributed by atoms with Gasteiger partial charge >= 0.3 is 0 Å². The fraction of sp³-hybridized carbons (Fsp3) is 0.462. The van der Waals surface area contributed by atoms with Crippen molar-refractivity contribution in [1.29, 1.82) is 0 Å². The third kappa shape index (κ3) is 4.27. The first-order valence-corrected chi connectivity index (χ1v) is 10.7. The van der Waals surface area contributed by atoms with Crippen molar-refractivity contribution in [1.82, 2.24) is 0 Å². The summed E-state index contributed by atoms with van der Waals surface area (Å²) >= 11 is 0. The first kappa shape index (κ1) is 20.5. The molecule has 0 spiro atoms. The van der Waals surface area contributed by atoms with E-state index in [4.69, 9.17) is 9.47 Å². The van der Waals surface area contributed by atoms with E-state index in [2.05, 4.69) is 58.5 Å². The van der Waals surface area contributed by atoms with E-state index >= 15 is 0 Å². The van der Waals surface area contributed by atoms with Crippen LogP contribution in [0.4, 0.5) is 0 Å². The summed E-state index contributed by atoms with van der Waals surface area (Å²) in [7, 11) is 0. The van der Waals surface area contributed by atoms with Crippen LogP contribution in [0.5, 0.6) is 11.5 Å². The summed E-state index contributed by atoms with van der Waals surface area (Å²) in [6.07, 6.45) is 7.96. The Morgan fingerprint density at radius 3 is 2.36 bits per heavy atom. The van der Waals surface area contributed by atoms with Crippen molar-refractivity contribution in [3.63, 3.8) is 0 Å². The van der Waals surface area contributed by atoms with Crippen molar-refractivity contribution >= 4 is 0 Å². The van der Waals surface area contributed by atoms with Crippen LogP contribution in [0.15, 0.2) is 43.0 Å². The molecular formula is C26H34O2. The predicted molar refractivity (Wildman–Crippen MR) is 118 cm³/mol. The maximum atomic E-state index is 6.55. The highest BCUT2D eigenvalue weighted by Crippen LogP contribution is 2.47. The average Bonchev–Trinajstić information content (AvgIpc) is 3.00. The fourth-order valence-corrected chi connectivity index (χ4v) is 4.25. The van der Waals surface area contributed by atoms with Gasteiger partial charge in [0, 0.05) is 28.7 Å². The van der Waals surface area contributed by atoms with Crippen molar-refractivity contribution in [2.75, 3.05) is 0 Å². The Morgan fingerprint density at radius 2 is 1.71 bits per heavy atom. The number of rotatable bonds is 9. The largest absolute Gasteiger partial charge is 0.488 e. The molecular weight excluding hydrogens is 344 g/mol. The van der Waals surface area contributed by atoms with Crippen LogP contribution < -0.4 is 9.47 Å². The van der Waals surface area contributed by atoms with E-state index in [1.165, 1.54) is 27.8 Å². The minimum Gasteiger partial charge on any atom is -0.488 e. The Kier molecular flexibility index (Phi) is 6.49. The smallest absolute Gasteiger partial charge is 0.127 e. The van der Waals surface area contributed by atoms with Gasteiger partial charge in [0.05, 0.1) is 0 Å². The number of hydrogen-bond donors (Lipinski definition) is 0. The van der Waals surface area contributed by atoms with Crippen LogP contribution in [0, 0.1) is 0 Å². The van der Waals surface area contributed by atoms with Gasteiger partial charge in [0.15, 0.2) is 0 Å². The molecule has 1 heterocycles. The Morgan fingerprint density at radius 1 is 1.04 bits per heavy atom. The number of hydrogen-bond acceptors (Lipinski definition) is 2. The first-order valence-electron chi connectivity index (χ1n) is 10.7. The molecule has 2 heteroatoms. The molecule has 2 aromatic rings. The Bertz CT molecular complexity index is 818. The Balaban J connectivity index is 2.14. The second kappa shape index (κ2) is 8.86. The molecule has 0 aromatic heterocycles. The van der Waals surface area contributed by atoms with Crippen LogP contribution in [-0.4, -0.2) is 5.60 Å².